The highest BCUT2D eigenvalue weighted by Crippen LogP contribution is 2.06. The summed E-state index contributed by atoms with van der Waals surface area (Å²) in [5.74, 6) is -1.72. The van der Waals surface area contributed by atoms with E-state index in [0.29, 0.717) is 18.4 Å². The first kappa shape index (κ1) is 23.8. The van der Waals surface area contributed by atoms with Crippen molar-refractivity contribution in [3.05, 3.63) is 66.0 Å². The highest BCUT2D eigenvalue weighted by atomic mass is 16.4. The van der Waals surface area contributed by atoms with E-state index in [1.165, 1.54) is 6.20 Å². The Hall–Kier alpha value is -3.26. The smallest absolute Gasteiger partial charge is 0.326 e. The molecule has 0 radical (unpaired) electrons. The lowest BCUT2D eigenvalue weighted by Crippen LogP contribution is -2.49. The number of hydrogen-bond donors (Lipinski definition) is 4. The van der Waals surface area contributed by atoms with Crippen LogP contribution in [0, 0.1) is 5.92 Å². The highest BCUT2D eigenvalue weighted by molar-refractivity contribution is 5.92. The van der Waals surface area contributed by atoms with Crippen LogP contribution in [0.1, 0.15) is 36.2 Å². The van der Waals surface area contributed by atoms with Gasteiger partial charge in [-0.2, -0.15) is 0 Å². The molecule has 8 heteroatoms. The maximum absolute atomic E-state index is 11.9. The molecule has 29 heavy (non-hydrogen) atoms. The molecule has 0 bridgehead atoms. The molecule has 0 aliphatic heterocycles. The number of pyridine rings is 1. The van der Waals surface area contributed by atoms with Crippen LogP contribution in [0.2, 0.25) is 0 Å². The summed E-state index contributed by atoms with van der Waals surface area (Å²) in [5, 5.41) is 11.6. The van der Waals surface area contributed by atoms with Gasteiger partial charge in [-0.05, 0) is 36.5 Å². The molecular weight excluding hydrogens is 372 g/mol. The quantitative estimate of drug-likeness (QED) is 0.526. The molecule has 2 aromatic rings. The number of carbonyl (C=O) groups is 3. The average molecular weight is 400 g/mol. The molecular formula is C21H28N4O4. The average Bonchev–Trinajstić information content (AvgIpc) is 2.69. The molecule has 1 heterocycles. The minimum atomic E-state index is -1.03. The normalized spacial score (nSPS) is 12.3. The molecule has 1 aromatic carbocycles. The third-order valence-electron chi connectivity index (χ3n) is 3.90. The summed E-state index contributed by atoms with van der Waals surface area (Å²) in [6, 6.07) is 11.1. The van der Waals surface area contributed by atoms with Crippen LogP contribution in [0.15, 0.2) is 54.9 Å². The summed E-state index contributed by atoms with van der Waals surface area (Å²) in [4.78, 5) is 37.1. The second-order valence-electron chi connectivity index (χ2n) is 6.93. The van der Waals surface area contributed by atoms with Gasteiger partial charge in [0.1, 0.15) is 6.04 Å². The van der Waals surface area contributed by atoms with Crippen molar-refractivity contribution >= 4 is 17.8 Å². The molecule has 0 aliphatic rings. The Morgan fingerprint density at radius 3 is 2.21 bits per heavy atom. The fourth-order valence-corrected chi connectivity index (χ4v) is 2.44. The van der Waals surface area contributed by atoms with Gasteiger partial charge in [0.25, 0.3) is 0 Å². The summed E-state index contributed by atoms with van der Waals surface area (Å²) in [6.07, 6.45) is 3.80. The maximum Gasteiger partial charge on any atom is 0.326 e. The number of aliphatic carboxylic acids is 1. The number of primary amides is 1. The number of carbonyl (C=O) groups excluding carboxylic acids is 2. The Morgan fingerprint density at radius 2 is 1.76 bits per heavy atom. The molecule has 0 saturated heterocycles. The first-order valence-corrected chi connectivity index (χ1v) is 9.23. The second kappa shape index (κ2) is 12.2. The number of hydrogen-bond acceptors (Lipinski definition) is 5. The van der Waals surface area contributed by atoms with Gasteiger partial charge < -0.3 is 21.9 Å². The SMILES string of the molecule is CC(C)C[C@H](NC(=O)[C@@H](N)Cc1ccccc1)C(=O)O.NC(=O)c1cccnc1. The van der Waals surface area contributed by atoms with Gasteiger partial charge in [-0.15, -0.1) is 0 Å². The first-order valence-electron chi connectivity index (χ1n) is 9.23. The van der Waals surface area contributed by atoms with E-state index in [1.54, 1.807) is 18.3 Å². The van der Waals surface area contributed by atoms with Gasteiger partial charge in [-0.25, -0.2) is 4.79 Å². The third kappa shape index (κ3) is 9.48. The van der Waals surface area contributed by atoms with E-state index in [4.69, 9.17) is 16.6 Å². The van der Waals surface area contributed by atoms with Crippen LogP contribution in [-0.2, 0) is 16.0 Å². The number of benzene rings is 1. The number of carboxylic acid groups (broad SMARTS) is 1. The van der Waals surface area contributed by atoms with Gasteiger partial charge in [0.15, 0.2) is 0 Å². The van der Waals surface area contributed by atoms with Crippen LogP contribution >= 0.6 is 0 Å². The molecule has 2 amide bonds. The van der Waals surface area contributed by atoms with Crippen LogP contribution < -0.4 is 16.8 Å². The zero-order valence-electron chi connectivity index (χ0n) is 16.6. The zero-order chi connectivity index (χ0) is 21.8. The van der Waals surface area contributed by atoms with Crippen LogP contribution in [0.3, 0.4) is 0 Å². The van der Waals surface area contributed by atoms with Crippen molar-refractivity contribution in [2.75, 3.05) is 0 Å². The fourth-order valence-electron chi connectivity index (χ4n) is 2.44. The predicted molar refractivity (Wildman–Crippen MR) is 110 cm³/mol. The Kier molecular flexibility index (Phi) is 10.0. The third-order valence-corrected chi connectivity index (χ3v) is 3.90. The van der Waals surface area contributed by atoms with Gasteiger partial charge in [-0.3, -0.25) is 14.6 Å². The standard InChI is InChI=1S/C15H22N2O3.C6H6N2O/c1-10(2)8-13(15(19)20)17-14(18)12(16)9-11-6-4-3-5-7-11;7-6(9)5-2-1-3-8-4-5/h3-7,10,12-13H,8-9,16H2,1-2H3,(H,17,18)(H,19,20);1-4H,(H2,7,9)/t12-,13-;/m0./s1. The molecule has 0 fully saturated rings. The number of rotatable bonds is 8. The summed E-state index contributed by atoms with van der Waals surface area (Å²) in [6.45, 7) is 3.82. The lowest BCUT2D eigenvalue weighted by atomic mass is 10.0. The van der Waals surface area contributed by atoms with Crippen molar-refractivity contribution in [2.24, 2.45) is 17.4 Å². The number of nitrogens with one attached hydrogen (secondary N) is 1. The van der Waals surface area contributed by atoms with Gasteiger partial charge >= 0.3 is 5.97 Å². The van der Waals surface area contributed by atoms with Gasteiger partial charge in [0.05, 0.1) is 11.6 Å². The van der Waals surface area contributed by atoms with Crippen molar-refractivity contribution in [3.63, 3.8) is 0 Å². The molecule has 0 aliphatic carbocycles. The minimum absolute atomic E-state index is 0.182. The molecule has 2 rings (SSSR count). The van der Waals surface area contributed by atoms with Crippen molar-refractivity contribution in [3.8, 4) is 0 Å². The number of amides is 2. The number of nitrogens with two attached hydrogens (primary N) is 2. The lowest BCUT2D eigenvalue weighted by Gasteiger charge is -2.19. The zero-order valence-corrected chi connectivity index (χ0v) is 16.6. The van der Waals surface area contributed by atoms with Gasteiger partial charge in [-0.1, -0.05) is 44.2 Å². The van der Waals surface area contributed by atoms with Crippen LogP contribution in [-0.4, -0.2) is 40.0 Å². The van der Waals surface area contributed by atoms with E-state index < -0.39 is 29.9 Å². The molecule has 0 saturated carbocycles. The van der Waals surface area contributed by atoms with Gasteiger partial charge in [0, 0.05) is 12.4 Å². The molecule has 0 unspecified atom stereocenters. The topological polar surface area (TPSA) is 148 Å². The molecule has 6 N–H and O–H groups in total. The Bertz CT molecular complexity index is 782. The van der Waals surface area contributed by atoms with Gasteiger partial charge in [0.2, 0.25) is 11.8 Å². The molecule has 8 nitrogen and oxygen atoms in total. The van der Waals surface area contributed by atoms with E-state index >= 15 is 0 Å². The maximum atomic E-state index is 11.9. The summed E-state index contributed by atoms with van der Waals surface area (Å²) < 4.78 is 0. The summed E-state index contributed by atoms with van der Waals surface area (Å²) in [5.41, 5.74) is 12.2. The minimum Gasteiger partial charge on any atom is -0.480 e. The fraction of sp³-hybridized carbons (Fsp3) is 0.333. The predicted octanol–water partition coefficient (Wildman–Crippen LogP) is 1.35. The highest BCUT2D eigenvalue weighted by Gasteiger charge is 2.24. The number of aromatic nitrogens is 1. The molecule has 156 valence electrons. The number of nitrogens with zero attached hydrogens (tertiary/aromatic N) is 1. The summed E-state index contributed by atoms with van der Waals surface area (Å²) in [7, 11) is 0. The van der Waals surface area contributed by atoms with E-state index in [0.717, 1.165) is 5.56 Å². The van der Waals surface area contributed by atoms with Crippen molar-refractivity contribution in [1.29, 1.82) is 0 Å². The Labute approximate surface area is 170 Å². The Balaban J connectivity index is 0.000000387. The van der Waals surface area contributed by atoms with E-state index in [9.17, 15) is 14.4 Å². The first-order chi connectivity index (χ1) is 13.7. The van der Waals surface area contributed by atoms with Crippen LogP contribution in [0.25, 0.3) is 0 Å². The van der Waals surface area contributed by atoms with E-state index in [-0.39, 0.29) is 5.92 Å². The number of carboxylic acids is 1. The second-order valence-corrected chi connectivity index (χ2v) is 6.93. The van der Waals surface area contributed by atoms with E-state index in [2.05, 4.69) is 10.3 Å². The largest absolute Gasteiger partial charge is 0.480 e. The van der Waals surface area contributed by atoms with Crippen LogP contribution in [0.5, 0.6) is 0 Å². The molecule has 0 spiro atoms. The lowest BCUT2D eigenvalue weighted by molar-refractivity contribution is -0.142. The molecule has 1 aromatic heterocycles. The van der Waals surface area contributed by atoms with Crippen LogP contribution in [0.4, 0.5) is 0 Å². The Morgan fingerprint density at radius 1 is 1.10 bits per heavy atom. The van der Waals surface area contributed by atoms with Crippen molar-refractivity contribution < 1.29 is 19.5 Å². The molecule has 2 atom stereocenters. The summed E-state index contributed by atoms with van der Waals surface area (Å²) >= 11 is 0. The monoisotopic (exact) mass is 400 g/mol. The van der Waals surface area contributed by atoms with E-state index in [1.807, 2.05) is 44.2 Å². The van der Waals surface area contributed by atoms with Crippen molar-refractivity contribution in [1.82, 2.24) is 10.3 Å². The van der Waals surface area contributed by atoms with Crippen molar-refractivity contribution in [2.45, 2.75) is 38.8 Å².